The monoisotopic (exact) mass is 439 g/mol. The fourth-order valence-corrected chi connectivity index (χ4v) is 3.59. The molecule has 0 fully saturated rings. The summed E-state index contributed by atoms with van der Waals surface area (Å²) in [5.74, 6) is -1.02. The van der Waals surface area contributed by atoms with Gasteiger partial charge in [-0.25, -0.2) is 0 Å². The minimum Gasteiger partial charge on any atom is -0.319 e. The second-order valence-electron chi connectivity index (χ2n) is 7.30. The number of rotatable bonds is 3. The molecule has 10 heteroatoms. The largest absolute Gasteiger partial charge is 0.416 e. The van der Waals surface area contributed by atoms with E-state index in [2.05, 4.69) is 10.4 Å². The molecule has 1 aliphatic heterocycles. The van der Waals surface area contributed by atoms with Crippen molar-refractivity contribution in [2.45, 2.75) is 25.7 Å². The van der Waals surface area contributed by atoms with Crippen molar-refractivity contribution in [1.29, 1.82) is 5.26 Å². The summed E-state index contributed by atoms with van der Waals surface area (Å²) in [5, 5.41) is 15.8. The van der Waals surface area contributed by atoms with Crippen molar-refractivity contribution in [1.82, 2.24) is 9.78 Å². The number of carbonyl (C=O) groups is 2. The number of carbonyl (C=O) groups excluding carboxylic acids is 2. The molecule has 0 bridgehead atoms. The zero-order valence-electron chi connectivity index (χ0n) is 16.7. The Balaban J connectivity index is 1.63. The van der Waals surface area contributed by atoms with Crippen molar-refractivity contribution in [3.05, 3.63) is 77.1 Å². The molecule has 4 rings (SSSR count). The van der Waals surface area contributed by atoms with E-state index in [0.29, 0.717) is 17.8 Å². The standard InChI is InChI=1S/C22H16F3N5O2/c1-13-12-29-19(21(32)30(13)17-7-5-16(6-8-17)22(23,24)25)18(11-27-29)28-20(31)15-4-2-3-14(9-15)10-26/h2-9,11,13H,12H2,1H3,(H,28,31)/t13-/m0/s1. The van der Waals surface area contributed by atoms with Gasteiger partial charge in [0.05, 0.1) is 41.7 Å². The number of halogens is 3. The van der Waals surface area contributed by atoms with Crippen LogP contribution in [0.15, 0.2) is 54.7 Å². The normalized spacial score (nSPS) is 15.8. The summed E-state index contributed by atoms with van der Waals surface area (Å²) in [6.45, 7) is 2.05. The molecular weight excluding hydrogens is 423 g/mol. The molecule has 0 spiro atoms. The molecule has 162 valence electrons. The molecule has 2 aromatic carbocycles. The Morgan fingerprint density at radius 3 is 2.59 bits per heavy atom. The predicted molar refractivity (Wildman–Crippen MR) is 109 cm³/mol. The van der Waals surface area contributed by atoms with Crippen LogP contribution in [-0.2, 0) is 12.7 Å². The number of anilines is 2. The fraction of sp³-hybridized carbons (Fsp3) is 0.182. The van der Waals surface area contributed by atoms with Gasteiger partial charge >= 0.3 is 6.18 Å². The van der Waals surface area contributed by atoms with Crippen LogP contribution in [0.3, 0.4) is 0 Å². The lowest BCUT2D eigenvalue weighted by atomic mass is 10.1. The minimum absolute atomic E-state index is 0.118. The number of fused-ring (bicyclic) bond motifs is 1. The van der Waals surface area contributed by atoms with Gasteiger partial charge in [-0.2, -0.15) is 23.5 Å². The fourth-order valence-electron chi connectivity index (χ4n) is 3.59. The van der Waals surface area contributed by atoms with E-state index in [1.807, 2.05) is 6.07 Å². The summed E-state index contributed by atoms with van der Waals surface area (Å²) in [6, 6.07) is 12.0. The van der Waals surface area contributed by atoms with Crippen molar-refractivity contribution in [3.63, 3.8) is 0 Å². The van der Waals surface area contributed by atoms with Gasteiger partial charge in [-0.3, -0.25) is 14.3 Å². The first kappa shape index (κ1) is 21.1. The van der Waals surface area contributed by atoms with E-state index in [0.717, 1.165) is 12.1 Å². The summed E-state index contributed by atoms with van der Waals surface area (Å²) in [7, 11) is 0. The third-order valence-corrected chi connectivity index (χ3v) is 5.11. The molecule has 3 aromatic rings. The van der Waals surface area contributed by atoms with Crippen LogP contribution in [0.4, 0.5) is 24.5 Å². The van der Waals surface area contributed by atoms with Gasteiger partial charge in [0, 0.05) is 11.3 Å². The van der Waals surface area contributed by atoms with Gasteiger partial charge < -0.3 is 10.2 Å². The highest BCUT2D eigenvalue weighted by molar-refractivity contribution is 6.13. The van der Waals surface area contributed by atoms with Crippen LogP contribution in [0.2, 0.25) is 0 Å². The van der Waals surface area contributed by atoms with Crippen LogP contribution in [0.25, 0.3) is 0 Å². The maximum atomic E-state index is 13.3. The van der Waals surface area contributed by atoms with E-state index in [9.17, 15) is 22.8 Å². The van der Waals surface area contributed by atoms with E-state index in [1.165, 1.54) is 40.0 Å². The van der Waals surface area contributed by atoms with Crippen molar-refractivity contribution in [2.24, 2.45) is 0 Å². The van der Waals surface area contributed by atoms with Gasteiger partial charge in [0.25, 0.3) is 11.8 Å². The summed E-state index contributed by atoms with van der Waals surface area (Å²) in [5.41, 5.74) is 0.338. The van der Waals surface area contributed by atoms with Crippen LogP contribution in [0.5, 0.6) is 0 Å². The molecule has 1 atom stereocenters. The Morgan fingerprint density at radius 2 is 1.94 bits per heavy atom. The van der Waals surface area contributed by atoms with Gasteiger partial charge in [-0.1, -0.05) is 6.07 Å². The van der Waals surface area contributed by atoms with E-state index < -0.39 is 23.6 Å². The summed E-state index contributed by atoms with van der Waals surface area (Å²) in [6.07, 6.45) is -3.13. The molecular formula is C22H16F3N5O2. The van der Waals surface area contributed by atoms with Crippen molar-refractivity contribution in [3.8, 4) is 6.07 Å². The Kier molecular flexibility index (Phi) is 5.18. The molecule has 0 saturated carbocycles. The molecule has 7 nitrogen and oxygen atoms in total. The number of hydrogen-bond acceptors (Lipinski definition) is 4. The van der Waals surface area contributed by atoms with Crippen molar-refractivity contribution >= 4 is 23.2 Å². The van der Waals surface area contributed by atoms with E-state index in [-0.39, 0.29) is 23.0 Å². The van der Waals surface area contributed by atoms with Gasteiger partial charge in [0.1, 0.15) is 5.69 Å². The summed E-state index contributed by atoms with van der Waals surface area (Å²) >= 11 is 0. The molecule has 0 aliphatic carbocycles. The van der Waals surface area contributed by atoms with Gasteiger partial charge in [-0.05, 0) is 49.4 Å². The van der Waals surface area contributed by atoms with E-state index in [1.54, 1.807) is 19.1 Å². The topological polar surface area (TPSA) is 91.0 Å². The second-order valence-corrected chi connectivity index (χ2v) is 7.30. The number of nitriles is 1. The third-order valence-electron chi connectivity index (χ3n) is 5.11. The highest BCUT2D eigenvalue weighted by atomic mass is 19.4. The Hall–Kier alpha value is -4.13. The maximum absolute atomic E-state index is 13.3. The molecule has 1 aromatic heterocycles. The number of hydrogen-bond donors (Lipinski definition) is 1. The first-order valence-electron chi connectivity index (χ1n) is 9.57. The zero-order chi connectivity index (χ0) is 23.0. The summed E-state index contributed by atoms with van der Waals surface area (Å²) < 4.78 is 40.1. The Bertz CT molecular complexity index is 1240. The maximum Gasteiger partial charge on any atom is 0.416 e. The van der Waals surface area contributed by atoms with Crippen LogP contribution in [-0.4, -0.2) is 27.6 Å². The van der Waals surface area contributed by atoms with Crippen molar-refractivity contribution < 1.29 is 22.8 Å². The third kappa shape index (κ3) is 3.80. The quantitative estimate of drug-likeness (QED) is 0.666. The van der Waals surface area contributed by atoms with Crippen LogP contribution < -0.4 is 10.2 Å². The Labute approximate surface area is 180 Å². The molecule has 1 aliphatic rings. The highest BCUT2D eigenvalue weighted by Gasteiger charge is 2.36. The number of aromatic nitrogens is 2. The Morgan fingerprint density at radius 1 is 1.22 bits per heavy atom. The van der Waals surface area contributed by atoms with Crippen molar-refractivity contribution in [2.75, 3.05) is 10.2 Å². The second kappa shape index (κ2) is 7.85. The van der Waals surface area contributed by atoms with Gasteiger partial charge in [-0.15, -0.1) is 0 Å². The number of amides is 2. The molecule has 0 radical (unpaired) electrons. The number of alkyl halides is 3. The molecule has 1 N–H and O–H groups in total. The number of nitrogens with zero attached hydrogens (tertiary/aromatic N) is 4. The average Bonchev–Trinajstić information content (AvgIpc) is 3.16. The van der Waals surface area contributed by atoms with Gasteiger partial charge in [0.2, 0.25) is 0 Å². The molecule has 2 amide bonds. The number of nitrogens with one attached hydrogen (secondary N) is 1. The molecule has 32 heavy (non-hydrogen) atoms. The summed E-state index contributed by atoms with van der Waals surface area (Å²) in [4.78, 5) is 27.3. The minimum atomic E-state index is -4.48. The SMILES string of the molecule is C[C@H]1Cn2ncc(NC(=O)c3cccc(C#N)c3)c2C(=O)N1c1ccc(C(F)(F)F)cc1. The zero-order valence-corrected chi connectivity index (χ0v) is 16.7. The smallest absolute Gasteiger partial charge is 0.319 e. The molecule has 0 saturated heterocycles. The lowest BCUT2D eigenvalue weighted by Gasteiger charge is -2.34. The first-order valence-corrected chi connectivity index (χ1v) is 9.57. The predicted octanol–water partition coefficient (Wildman–Crippen LogP) is 4.07. The number of benzene rings is 2. The first-order chi connectivity index (χ1) is 15.2. The van der Waals surface area contributed by atoms with Crippen LogP contribution in [0, 0.1) is 11.3 Å². The van der Waals surface area contributed by atoms with Gasteiger partial charge in [0.15, 0.2) is 0 Å². The highest BCUT2D eigenvalue weighted by Crippen LogP contribution is 2.33. The average molecular weight is 439 g/mol. The molecule has 2 heterocycles. The van der Waals surface area contributed by atoms with Crippen LogP contribution >= 0.6 is 0 Å². The lowest BCUT2D eigenvalue weighted by molar-refractivity contribution is -0.137. The van der Waals surface area contributed by atoms with E-state index in [4.69, 9.17) is 5.26 Å². The lowest BCUT2D eigenvalue weighted by Crippen LogP contribution is -2.47. The molecule has 0 unspecified atom stereocenters. The van der Waals surface area contributed by atoms with Crippen LogP contribution in [0.1, 0.15) is 38.9 Å². The van der Waals surface area contributed by atoms with E-state index >= 15 is 0 Å².